The zero-order valence-corrected chi connectivity index (χ0v) is 13.0. The first-order valence-electron chi connectivity index (χ1n) is 7.05. The molecule has 104 valence electrons. The van der Waals surface area contributed by atoms with E-state index in [-0.39, 0.29) is 5.54 Å². The third-order valence-corrected chi connectivity index (χ3v) is 3.29. The summed E-state index contributed by atoms with van der Waals surface area (Å²) in [4.78, 5) is 4.79. The predicted octanol–water partition coefficient (Wildman–Crippen LogP) is 3.93. The number of aromatic nitrogens is 2. The van der Waals surface area contributed by atoms with Crippen molar-refractivity contribution in [2.75, 3.05) is 5.73 Å². The van der Waals surface area contributed by atoms with Crippen LogP contribution in [-0.4, -0.2) is 9.55 Å². The summed E-state index contributed by atoms with van der Waals surface area (Å²) in [6, 6.07) is 0. The number of imidazole rings is 1. The minimum absolute atomic E-state index is 0.00176. The Morgan fingerprint density at radius 2 is 1.78 bits per heavy atom. The number of anilines is 1. The summed E-state index contributed by atoms with van der Waals surface area (Å²) in [7, 11) is 0. The van der Waals surface area contributed by atoms with Crippen LogP contribution in [0.15, 0.2) is 0 Å². The highest BCUT2D eigenvalue weighted by Crippen LogP contribution is 2.32. The largest absolute Gasteiger partial charge is 0.384 e. The van der Waals surface area contributed by atoms with Crippen LogP contribution in [0.1, 0.15) is 72.3 Å². The summed E-state index contributed by atoms with van der Waals surface area (Å²) >= 11 is 0. The lowest BCUT2D eigenvalue weighted by Gasteiger charge is -2.25. The minimum atomic E-state index is -0.00176. The monoisotopic (exact) mass is 251 g/mol. The number of nitrogens with two attached hydrogens (primary N) is 1. The quantitative estimate of drug-likeness (QED) is 0.881. The number of aryl methyl sites for hydroxylation is 1. The van der Waals surface area contributed by atoms with Crippen molar-refractivity contribution in [3.63, 3.8) is 0 Å². The third-order valence-electron chi connectivity index (χ3n) is 3.29. The van der Waals surface area contributed by atoms with Gasteiger partial charge in [-0.3, -0.25) is 0 Å². The molecule has 18 heavy (non-hydrogen) atoms. The maximum Gasteiger partial charge on any atom is 0.127 e. The van der Waals surface area contributed by atoms with E-state index in [1.807, 2.05) is 0 Å². The van der Waals surface area contributed by atoms with E-state index in [2.05, 4.69) is 53.0 Å². The second kappa shape index (κ2) is 5.33. The molecule has 1 aromatic rings. The number of nitrogens with zero attached hydrogens (tertiary/aromatic N) is 2. The molecule has 0 aliphatic rings. The lowest BCUT2D eigenvalue weighted by molar-refractivity contribution is 0.389. The zero-order valence-electron chi connectivity index (χ0n) is 13.0. The SMILES string of the molecule is CCc1nc(C(C)CC(C)C)c(N)n1C(C)(C)C. The average molecular weight is 251 g/mol. The van der Waals surface area contributed by atoms with Crippen molar-refractivity contribution in [3.8, 4) is 0 Å². The average Bonchev–Trinajstić information content (AvgIpc) is 2.53. The predicted molar refractivity (Wildman–Crippen MR) is 78.9 cm³/mol. The highest BCUT2D eigenvalue weighted by atomic mass is 15.2. The molecule has 0 fully saturated rings. The number of hydrogen-bond acceptors (Lipinski definition) is 2. The third kappa shape index (κ3) is 3.06. The van der Waals surface area contributed by atoms with Crippen molar-refractivity contribution in [3.05, 3.63) is 11.5 Å². The van der Waals surface area contributed by atoms with E-state index in [4.69, 9.17) is 10.7 Å². The molecule has 1 aromatic heterocycles. The standard InChI is InChI=1S/C15H29N3/c1-8-12-17-13(11(4)9-10(2)3)14(16)18(12)15(5,6)7/h10-11H,8-9,16H2,1-7H3. The van der Waals surface area contributed by atoms with Crippen LogP contribution in [0.25, 0.3) is 0 Å². The molecule has 1 heterocycles. The normalized spacial score (nSPS) is 14.2. The molecule has 1 atom stereocenters. The highest BCUT2D eigenvalue weighted by Gasteiger charge is 2.25. The van der Waals surface area contributed by atoms with Gasteiger partial charge in [0.15, 0.2) is 0 Å². The van der Waals surface area contributed by atoms with E-state index in [1.165, 1.54) is 0 Å². The Hall–Kier alpha value is -0.990. The van der Waals surface area contributed by atoms with Gasteiger partial charge in [-0.1, -0.05) is 27.7 Å². The van der Waals surface area contributed by atoms with E-state index in [1.54, 1.807) is 0 Å². The highest BCUT2D eigenvalue weighted by molar-refractivity contribution is 5.41. The Morgan fingerprint density at radius 1 is 1.22 bits per heavy atom. The fraction of sp³-hybridized carbons (Fsp3) is 0.800. The Kier molecular flexibility index (Phi) is 4.46. The summed E-state index contributed by atoms with van der Waals surface area (Å²) in [5.74, 6) is 3.06. The summed E-state index contributed by atoms with van der Waals surface area (Å²) in [5, 5.41) is 0. The Labute approximate surface area is 112 Å². The van der Waals surface area contributed by atoms with Gasteiger partial charge in [0.05, 0.1) is 5.69 Å². The number of hydrogen-bond donors (Lipinski definition) is 1. The van der Waals surface area contributed by atoms with Crippen LogP contribution in [0.5, 0.6) is 0 Å². The maximum absolute atomic E-state index is 6.34. The molecule has 0 saturated carbocycles. The van der Waals surface area contributed by atoms with Crippen molar-refractivity contribution in [2.24, 2.45) is 5.92 Å². The maximum atomic E-state index is 6.34. The van der Waals surface area contributed by atoms with Crippen molar-refractivity contribution in [1.29, 1.82) is 0 Å². The van der Waals surface area contributed by atoms with E-state index < -0.39 is 0 Å². The van der Waals surface area contributed by atoms with Crippen molar-refractivity contribution in [1.82, 2.24) is 9.55 Å². The first-order valence-corrected chi connectivity index (χ1v) is 7.05. The second-order valence-electron chi connectivity index (χ2n) is 6.69. The smallest absolute Gasteiger partial charge is 0.127 e. The first kappa shape index (κ1) is 15.1. The van der Waals surface area contributed by atoms with Gasteiger partial charge in [-0.05, 0) is 33.1 Å². The topological polar surface area (TPSA) is 43.8 Å². The Bertz CT molecular complexity index is 397. The molecule has 0 amide bonds. The molecular formula is C15H29N3. The van der Waals surface area contributed by atoms with Gasteiger partial charge in [0, 0.05) is 17.9 Å². The number of nitrogen functional groups attached to an aromatic ring is 1. The lowest BCUT2D eigenvalue weighted by atomic mass is 9.96. The molecule has 2 N–H and O–H groups in total. The molecule has 1 unspecified atom stereocenters. The van der Waals surface area contributed by atoms with Crippen molar-refractivity contribution < 1.29 is 0 Å². The van der Waals surface area contributed by atoms with Gasteiger partial charge in [0.1, 0.15) is 11.6 Å². The van der Waals surface area contributed by atoms with E-state index in [0.717, 1.165) is 30.2 Å². The summed E-state index contributed by atoms with van der Waals surface area (Å²) in [5.41, 5.74) is 7.42. The minimum Gasteiger partial charge on any atom is -0.384 e. The molecule has 0 aliphatic carbocycles. The molecule has 0 spiro atoms. The molecule has 0 radical (unpaired) electrons. The van der Waals surface area contributed by atoms with Crippen LogP contribution in [-0.2, 0) is 12.0 Å². The zero-order chi connectivity index (χ0) is 14.1. The van der Waals surface area contributed by atoms with Crippen LogP contribution in [0, 0.1) is 5.92 Å². The Morgan fingerprint density at radius 3 is 2.11 bits per heavy atom. The molecule has 3 heteroatoms. The van der Waals surface area contributed by atoms with Crippen LogP contribution in [0.2, 0.25) is 0 Å². The molecule has 0 bridgehead atoms. The number of rotatable bonds is 4. The van der Waals surface area contributed by atoms with Gasteiger partial charge in [0.25, 0.3) is 0 Å². The molecular weight excluding hydrogens is 222 g/mol. The van der Waals surface area contributed by atoms with Crippen molar-refractivity contribution >= 4 is 5.82 Å². The van der Waals surface area contributed by atoms with Gasteiger partial charge in [-0.25, -0.2) is 4.98 Å². The first-order chi connectivity index (χ1) is 8.18. The fourth-order valence-electron chi connectivity index (χ4n) is 2.67. The van der Waals surface area contributed by atoms with E-state index in [0.29, 0.717) is 11.8 Å². The Balaban J connectivity index is 3.20. The van der Waals surface area contributed by atoms with Gasteiger partial charge in [-0.15, -0.1) is 0 Å². The van der Waals surface area contributed by atoms with E-state index in [9.17, 15) is 0 Å². The summed E-state index contributed by atoms with van der Waals surface area (Å²) in [6.45, 7) is 15.4. The van der Waals surface area contributed by atoms with Gasteiger partial charge >= 0.3 is 0 Å². The molecule has 0 saturated heterocycles. The van der Waals surface area contributed by atoms with Crippen molar-refractivity contribution in [2.45, 2.75) is 72.8 Å². The summed E-state index contributed by atoms with van der Waals surface area (Å²) in [6.07, 6.45) is 2.06. The molecule has 3 nitrogen and oxygen atoms in total. The molecule has 0 aromatic carbocycles. The summed E-state index contributed by atoms with van der Waals surface area (Å²) < 4.78 is 2.19. The van der Waals surface area contributed by atoms with Crippen LogP contribution in [0.4, 0.5) is 5.82 Å². The van der Waals surface area contributed by atoms with Crippen LogP contribution < -0.4 is 5.73 Å². The van der Waals surface area contributed by atoms with Crippen LogP contribution >= 0.6 is 0 Å². The van der Waals surface area contributed by atoms with Crippen LogP contribution in [0.3, 0.4) is 0 Å². The molecule has 1 rings (SSSR count). The van der Waals surface area contributed by atoms with Gasteiger partial charge in [0.2, 0.25) is 0 Å². The van der Waals surface area contributed by atoms with Gasteiger partial charge < -0.3 is 10.3 Å². The fourth-order valence-corrected chi connectivity index (χ4v) is 2.67. The molecule has 0 aliphatic heterocycles. The van der Waals surface area contributed by atoms with E-state index >= 15 is 0 Å². The lowest BCUT2D eigenvalue weighted by Crippen LogP contribution is -2.25. The second-order valence-corrected chi connectivity index (χ2v) is 6.69. The van der Waals surface area contributed by atoms with Gasteiger partial charge in [-0.2, -0.15) is 0 Å².